The zero-order valence-electron chi connectivity index (χ0n) is 16.8. The standard InChI is InChI=1S/C24H21N3O2S/c1-16-7-3-5-9-21(16)27(24-26-20-8-4-6-10-22(20)30-24)23(29)19-13-11-18(12-14-19)15-25-17(2)28/h3-14H,15H2,1-2H3,(H,25,28). The van der Waals surface area contributed by atoms with E-state index in [0.717, 1.165) is 27.0 Å². The van der Waals surface area contributed by atoms with Gasteiger partial charge >= 0.3 is 0 Å². The topological polar surface area (TPSA) is 62.3 Å². The number of hydrogen-bond donors (Lipinski definition) is 1. The van der Waals surface area contributed by atoms with Crippen LogP contribution in [0.2, 0.25) is 0 Å². The zero-order valence-corrected chi connectivity index (χ0v) is 17.6. The van der Waals surface area contributed by atoms with Crippen LogP contribution in [0.3, 0.4) is 0 Å². The third kappa shape index (κ3) is 4.09. The molecule has 0 fully saturated rings. The maximum Gasteiger partial charge on any atom is 0.264 e. The van der Waals surface area contributed by atoms with Crippen LogP contribution in [-0.2, 0) is 11.3 Å². The lowest BCUT2D eigenvalue weighted by atomic mass is 10.1. The molecule has 0 unspecified atom stereocenters. The number of hydrogen-bond acceptors (Lipinski definition) is 4. The van der Waals surface area contributed by atoms with Crippen molar-refractivity contribution in [1.82, 2.24) is 10.3 Å². The minimum Gasteiger partial charge on any atom is -0.352 e. The van der Waals surface area contributed by atoms with Gasteiger partial charge in [0.2, 0.25) is 5.91 Å². The number of rotatable bonds is 5. The van der Waals surface area contributed by atoms with Crippen molar-refractivity contribution in [3.8, 4) is 0 Å². The van der Waals surface area contributed by atoms with Gasteiger partial charge in [-0.25, -0.2) is 4.98 Å². The first-order chi connectivity index (χ1) is 14.5. The number of carbonyl (C=O) groups excluding carboxylic acids is 2. The molecule has 0 saturated heterocycles. The van der Waals surface area contributed by atoms with Gasteiger partial charge in [0.05, 0.1) is 15.9 Å². The molecular weight excluding hydrogens is 394 g/mol. The normalized spacial score (nSPS) is 10.7. The molecule has 0 saturated carbocycles. The molecule has 4 aromatic rings. The Hall–Kier alpha value is -3.51. The van der Waals surface area contributed by atoms with Crippen LogP contribution in [0.5, 0.6) is 0 Å². The fraction of sp³-hybridized carbons (Fsp3) is 0.125. The number of carbonyl (C=O) groups is 2. The summed E-state index contributed by atoms with van der Waals surface area (Å²) in [4.78, 5) is 31.1. The van der Waals surface area contributed by atoms with Crippen LogP contribution in [0.15, 0.2) is 72.8 Å². The summed E-state index contributed by atoms with van der Waals surface area (Å²) in [5, 5.41) is 3.40. The number of fused-ring (bicyclic) bond motifs is 1. The van der Waals surface area contributed by atoms with Crippen molar-refractivity contribution in [1.29, 1.82) is 0 Å². The molecule has 0 aliphatic heterocycles. The van der Waals surface area contributed by atoms with Crippen LogP contribution in [0.25, 0.3) is 10.2 Å². The molecule has 4 rings (SSSR count). The first kappa shape index (κ1) is 19.8. The molecule has 0 atom stereocenters. The average Bonchev–Trinajstić information content (AvgIpc) is 3.17. The number of nitrogens with zero attached hydrogens (tertiary/aromatic N) is 2. The number of anilines is 2. The van der Waals surface area contributed by atoms with E-state index in [2.05, 4.69) is 5.32 Å². The van der Waals surface area contributed by atoms with E-state index in [4.69, 9.17) is 4.98 Å². The van der Waals surface area contributed by atoms with Gasteiger partial charge in [-0.05, 0) is 48.4 Å². The van der Waals surface area contributed by atoms with E-state index in [1.807, 2.05) is 67.6 Å². The highest BCUT2D eigenvalue weighted by Crippen LogP contribution is 2.36. The summed E-state index contributed by atoms with van der Waals surface area (Å²) in [6.45, 7) is 3.90. The third-order valence-corrected chi connectivity index (χ3v) is 5.80. The molecule has 0 bridgehead atoms. The van der Waals surface area contributed by atoms with Crippen molar-refractivity contribution in [3.05, 3.63) is 89.5 Å². The van der Waals surface area contributed by atoms with Gasteiger partial charge in [-0.15, -0.1) is 0 Å². The number of thiazole rings is 1. The fourth-order valence-electron chi connectivity index (χ4n) is 3.19. The van der Waals surface area contributed by atoms with E-state index >= 15 is 0 Å². The summed E-state index contributed by atoms with van der Waals surface area (Å²) in [5.74, 6) is -0.230. The van der Waals surface area contributed by atoms with E-state index in [9.17, 15) is 9.59 Å². The van der Waals surface area contributed by atoms with Gasteiger partial charge in [0.25, 0.3) is 5.91 Å². The van der Waals surface area contributed by atoms with Crippen LogP contribution in [-0.4, -0.2) is 16.8 Å². The molecule has 0 radical (unpaired) electrons. The van der Waals surface area contributed by atoms with E-state index in [-0.39, 0.29) is 11.8 Å². The summed E-state index contributed by atoms with van der Waals surface area (Å²) in [6.07, 6.45) is 0. The number of aryl methyl sites for hydroxylation is 1. The van der Waals surface area contributed by atoms with Gasteiger partial charge in [0.1, 0.15) is 0 Å². The monoisotopic (exact) mass is 415 g/mol. The van der Waals surface area contributed by atoms with Gasteiger partial charge in [0, 0.05) is 19.0 Å². The van der Waals surface area contributed by atoms with Gasteiger partial charge in [0.15, 0.2) is 5.13 Å². The average molecular weight is 416 g/mol. The summed E-state index contributed by atoms with van der Waals surface area (Å²) >= 11 is 1.49. The summed E-state index contributed by atoms with van der Waals surface area (Å²) in [7, 11) is 0. The van der Waals surface area contributed by atoms with Crippen LogP contribution < -0.4 is 10.2 Å². The number of nitrogens with one attached hydrogen (secondary N) is 1. The third-order valence-electron chi connectivity index (χ3n) is 4.78. The van der Waals surface area contributed by atoms with Crippen molar-refractivity contribution >= 4 is 44.2 Å². The van der Waals surface area contributed by atoms with E-state index < -0.39 is 0 Å². The minimum atomic E-state index is -0.144. The number of amides is 2. The first-order valence-corrected chi connectivity index (χ1v) is 10.4. The molecule has 150 valence electrons. The lowest BCUT2D eigenvalue weighted by Crippen LogP contribution is -2.26. The van der Waals surface area contributed by atoms with Crippen LogP contribution in [0.4, 0.5) is 10.8 Å². The van der Waals surface area contributed by atoms with Crippen molar-refractivity contribution in [2.75, 3.05) is 4.90 Å². The Bertz CT molecular complexity index is 1180. The van der Waals surface area contributed by atoms with Crippen molar-refractivity contribution < 1.29 is 9.59 Å². The summed E-state index contributed by atoms with van der Waals surface area (Å²) < 4.78 is 1.03. The summed E-state index contributed by atoms with van der Waals surface area (Å²) in [6, 6.07) is 23.0. The summed E-state index contributed by atoms with van der Waals surface area (Å²) in [5.41, 5.74) is 4.17. The Morgan fingerprint density at radius 2 is 1.67 bits per heavy atom. The fourth-order valence-corrected chi connectivity index (χ4v) is 4.17. The van der Waals surface area contributed by atoms with Crippen LogP contribution >= 0.6 is 11.3 Å². The molecular formula is C24H21N3O2S. The molecule has 6 heteroatoms. The van der Waals surface area contributed by atoms with E-state index in [1.165, 1.54) is 18.3 Å². The Labute approximate surface area is 179 Å². The second-order valence-electron chi connectivity index (χ2n) is 7.00. The number of aromatic nitrogens is 1. The predicted molar refractivity (Wildman–Crippen MR) is 121 cm³/mol. The number of benzene rings is 3. The van der Waals surface area contributed by atoms with Gasteiger partial charge < -0.3 is 5.32 Å². The van der Waals surface area contributed by atoms with Gasteiger partial charge in [-0.1, -0.05) is 53.8 Å². The van der Waals surface area contributed by atoms with Crippen molar-refractivity contribution in [3.63, 3.8) is 0 Å². The molecule has 3 aromatic carbocycles. The molecule has 1 N–H and O–H groups in total. The maximum atomic E-state index is 13.6. The zero-order chi connectivity index (χ0) is 21.1. The minimum absolute atomic E-state index is 0.0864. The maximum absolute atomic E-state index is 13.6. The second-order valence-corrected chi connectivity index (χ2v) is 8.01. The molecule has 5 nitrogen and oxygen atoms in total. The second kappa shape index (κ2) is 8.47. The molecule has 2 amide bonds. The Balaban J connectivity index is 1.73. The number of para-hydroxylation sites is 2. The van der Waals surface area contributed by atoms with Crippen molar-refractivity contribution in [2.24, 2.45) is 0 Å². The van der Waals surface area contributed by atoms with E-state index in [0.29, 0.717) is 17.2 Å². The van der Waals surface area contributed by atoms with Crippen LogP contribution in [0, 0.1) is 6.92 Å². The Morgan fingerprint density at radius 1 is 0.967 bits per heavy atom. The molecule has 1 heterocycles. The smallest absolute Gasteiger partial charge is 0.264 e. The highest BCUT2D eigenvalue weighted by Gasteiger charge is 2.24. The van der Waals surface area contributed by atoms with Gasteiger partial charge in [-0.2, -0.15) is 0 Å². The predicted octanol–water partition coefficient (Wildman–Crippen LogP) is 5.22. The quantitative estimate of drug-likeness (QED) is 0.486. The highest BCUT2D eigenvalue weighted by atomic mass is 32.1. The lowest BCUT2D eigenvalue weighted by molar-refractivity contribution is -0.119. The largest absolute Gasteiger partial charge is 0.352 e. The highest BCUT2D eigenvalue weighted by molar-refractivity contribution is 7.22. The van der Waals surface area contributed by atoms with Gasteiger partial charge in [-0.3, -0.25) is 14.5 Å². The molecule has 30 heavy (non-hydrogen) atoms. The molecule has 1 aromatic heterocycles. The molecule has 0 spiro atoms. The first-order valence-electron chi connectivity index (χ1n) is 9.62. The van der Waals surface area contributed by atoms with Crippen molar-refractivity contribution in [2.45, 2.75) is 20.4 Å². The van der Waals surface area contributed by atoms with Crippen LogP contribution in [0.1, 0.15) is 28.4 Å². The molecule has 0 aliphatic carbocycles. The van der Waals surface area contributed by atoms with E-state index in [1.54, 1.807) is 17.0 Å². The Kier molecular flexibility index (Phi) is 5.59. The molecule has 0 aliphatic rings. The Morgan fingerprint density at radius 3 is 2.37 bits per heavy atom. The SMILES string of the molecule is CC(=O)NCc1ccc(C(=O)N(c2nc3ccccc3s2)c2ccccc2C)cc1. The lowest BCUT2D eigenvalue weighted by Gasteiger charge is -2.22.